The lowest BCUT2D eigenvalue weighted by Gasteiger charge is -2.18. The highest BCUT2D eigenvalue weighted by Gasteiger charge is 2.57. The van der Waals surface area contributed by atoms with Crippen molar-refractivity contribution in [2.24, 2.45) is 5.92 Å². The van der Waals surface area contributed by atoms with E-state index in [2.05, 4.69) is 30.9 Å². The second-order valence-corrected chi connectivity index (χ2v) is 9.57. The van der Waals surface area contributed by atoms with Gasteiger partial charge in [0, 0.05) is 30.2 Å². The largest absolute Gasteiger partial charge is 0.618 e. The van der Waals surface area contributed by atoms with Gasteiger partial charge in [-0.1, -0.05) is 16.8 Å². The number of alkyl halides is 4. The minimum Gasteiger partial charge on any atom is -0.618 e. The van der Waals surface area contributed by atoms with Crippen molar-refractivity contribution >= 4 is 11.6 Å². The summed E-state index contributed by atoms with van der Waals surface area (Å²) in [6.45, 7) is -2.90. The van der Waals surface area contributed by atoms with Crippen LogP contribution in [0.25, 0.3) is 28.1 Å². The molecule has 0 radical (unpaired) electrons. The van der Waals surface area contributed by atoms with E-state index in [0.29, 0.717) is 15.0 Å². The molecule has 1 aromatic carbocycles. The van der Waals surface area contributed by atoms with Gasteiger partial charge in [-0.2, -0.15) is 28.0 Å². The average molecular weight is 579 g/mol. The first-order valence-electron chi connectivity index (χ1n) is 11.7. The maximum Gasteiger partial charge on any atom is 0.334 e. The van der Waals surface area contributed by atoms with Gasteiger partial charge in [0.05, 0.1) is 34.2 Å². The lowest BCUT2D eigenvalue weighted by Crippen LogP contribution is -2.36. The second kappa shape index (κ2) is 9.62. The Labute approximate surface area is 226 Å². The highest BCUT2D eigenvalue weighted by molar-refractivity contribution is 6.31. The summed E-state index contributed by atoms with van der Waals surface area (Å²) in [5.74, 6) is -4.70. The Hall–Kier alpha value is -4.47. The zero-order chi connectivity index (χ0) is 28.2. The van der Waals surface area contributed by atoms with E-state index in [1.54, 1.807) is 0 Å². The number of hydrogen-bond donors (Lipinski definition) is 0. The summed E-state index contributed by atoms with van der Waals surface area (Å²) in [5.41, 5.74) is 0.708. The number of halogens is 6. The molecule has 6 rings (SSSR count). The molecule has 4 aromatic heterocycles. The zero-order valence-electron chi connectivity index (χ0n) is 20.0. The highest BCUT2D eigenvalue weighted by atomic mass is 35.5. The molecule has 17 heteroatoms. The van der Waals surface area contributed by atoms with Crippen LogP contribution in [0.3, 0.4) is 0 Å². The Balaban J connectivity index is 1.39. The summed E-state index contributed by atoms with van der Waals surface area (Å²) in [6, 6.07) is 4.66. The molecular formula is C23H16ClF5N10O. The molecule has 0 unspecified atom stereocenters. The summed E-state index contributed by atoms with van der Waals surface area (Å²) < 4.78 is 72.1. The van der Waals surface area contributed by atoms with Crippen LogP contribution in [0, 0.1) is 16.9 Å². The number of pyridine rings is 1. The van der Waals surface area contributed by atoms with Crippen LogP contribution in [0.15, 0.2) is 55.4 Å². The van der Waals surface area contributed by atoms with Crippen LogP contribution in [0.5, 0.6) is 0 Å². The first-order valence-corrected chi connectivity index (χ1v) is 12.1. The standard InChI is InChI=1S/C23H16ClF5N10O/c24-15-2-4-18(38-11-30-33-35-38)20(21(15)25)12-1-3-17(39(40)9-12)19(5-14-6-23(14,28)29)36-8-13(7-31-36)16-10-37(22(26)27)34-32-16/h1-4,7-11,14,19,22H,5-6H2/t14-,19+/m1/s1. The van der Waals surface area contributed by atoms with Crippen LogP contribution in [-0.2, 0) is 0 Å². The lowest BCUT2D eigenvalue weighted by atomic mass is 10.0. The SMILES string of the molecule is [O-][n+]1cc(-c2c(-n3cnnn3)ccc(Cl)c2F)ccc1[C@H](C[C@@H]1CC1(F)F)n1cc(-c2cn(C(F)F)nn2)cn1. The van der Waals surface area contributed by atoms with E-state index in [4.69, 9.17) is 11.6 Å². The van der Waals surface area contributed by atoms with Gasteiger partial charge in [-0.3, -0.25) is 4.68 Å². The Morgan fingerprint density at radius 2 is 1.90 bits per heavy atom. The van der Waals surface area contributed by atoms with Crippen molar-refractivity contribution in [1.82, 2.24) is 45.0 Å². The third-order valence-electron chi connectivity index (χ3n) is 6.63. The van der Waals surface area contributed by atoms with E-state index < -0.39 is 30.2 Å². The molecule has 0 bridgehead atoms. The number of aromatic nitrogens is 10. The molecule has 40 heavy (non-hydrogen) atoms. The van der Waals surface area contributed by atoms with Crippen LogP contribution in [0.2, 0.25) is 5.02 Å². The second-order valence-electron chi connectivity index (χ2n) is 9.16. The molecule has 1 aliphatic rings. The molecule has 206 valence electrons. The predicted molar refractivity (Wildman–Crippen MR) is 127 cm³/mol. The fraction of sp³-hybridized carbons (Fsp3) is 0.261. The highest BCUT2D eigenvalue weighted by Crippen LogP contribution is 2.53. The number of benzene rings is 1. The molecule has 1 fully saturated rings. The van der Waals surface area contributed by atoms with Crippen molar-refractivity contribution in [3.8, 4) is 28.1 Å². The summed E-state index contributed by atoms with van der Waals surface area (Å²) >= 11 is 6.01. The van der Waals surface area contributed by atoms with E-state index in [1.165, 1.54) is 52.4 Å². The van der Waals surface area contributed by atoms with E-state index in [1.807, 2.05) is 0 Å². The van der Waals surface area contributed by atoms with Crippen molar-refractivity contribution in [3.63, 3.8) is 0 Å². The van der Waals surface area contributed by atoms with E-state index in [-0.39, 0.29) is 46.1 Å². The van der Waals surface area contributed by atoms with Crippen LogP contribution >= 0.6 is 11.6 Å². The molecular weight excluding hydrogens is 563 g/mol. The van der Waals surface area contributed by atoms with Crippen molar-refractivity contribution in [2.75, 3.05) is 0 Å². The van der Waals surface area contributed by atoms with Crippen molar-refractivity contribution in [2.45, 2.75) is 31.4 Å². The molecule has 11 nitrogen and oxygen atoms in total. The number of hydrogen-bond acceptors (Lipinski definition) is 7. The molecule has 0 N–H and O–H groups in total. The molecule has 2 atom stereocenters. The Morgan fingerprint density at radius 1 is 1.10 bits per heavy atom. The Kier molecular flexibility index (Phi) is 6.20. The summed E-state index contributed by atoms with van der Waals surface area (Å²) in [4.78, 5) is 0. The Bertz CT molecular complexity index is 1690. The third kappa shape index (κ3) is 4.63. The van der Waals surface area contributed by atoms with Gasteiger partial charge in [-0.05, 0) is 35.0 Å². The minimum absolute atomic E-state index is 0.0451. The topological polar surface area (TPSA) is 119 Å². The van der Waals surface area contributed by atoms with Crippen LogP contribution in [0.1, 0.15) is 31.1 Å². The normalized spacial score (nSPS) is 16.9. The van der Waals surface area contributed by atoms with Gasteiger partial charge in [0.25, 0.3) is 5.92 Å². The minimum atomic E-state index is -2.90. The molecule has 1 saturated carbocycles. The van der Waals surface area contributed by atoms with Crippen molar-refractivity contribution < 1.29 is 26.7 Å². The van der Waals surface area contributed by atoms with Gasteiger partial charge in [-0.15, -0.1) is 10.2 Å². The quantitative estimate of drug-likeness (QED) is 0.153. The van der Waals surface area contributed by atoms with Gasteiger partial charge in [0.15, 0.2) is 12.0 Å². The predicted octanol–water partition coefficient (Wildman–Crippen LogP) is 4.24. The maximum atomic E-state index is 15.2. The smallest absolute Gasteiger partial charge is 0.334 e. The fourth-order valence-corrected chi connectivity index (χ4v) is 4.64. The van der Waals surface area contributed by atoms with Crippen molar-refractivity contribution in [1.29, 1.82) is 0 Å². The van der Waals surface area contributed by atoms with Gasteiger partial charge in [0.2, 0.25) is 5.69 Å². The van der Waals surface area contributed by atoms with E-state index >= 15 is 4.39 Å². The maximum absolute atomic E-state index is 15.2. The average Bonchev–Trinajstić information content (AvgIpc) is 3.50. The molecule has 5 aromatic rings. The van der Waals surface area contributed by atoms with Crippen LogP contribution in [0.4, 0.5) is 22.0 Å². The third-order valence-corrected chi connectivity index (χ3v) is 6.93. The molecule has 0 aliphatic heterocycles. The molecule has 1 aliphatic carbocycles. The zero-order valence-corrected chi connectivity index (χ0v) is 20.7. The Morgan fingerprint density at radius 3 is 2.55 bits per heavy atom. The number of tetrazole rings is 1. The lowest BCUT2D eigenvalue weighted by molar-refractivity contribution is -0.615. The van der Waals surface area contributed by atoms with Gasteiger partial charge in [0.1, 0.15) is 18.1 Å². The summed E-state index contributed by atoms with van der Waals surface area (Å²) in [7, 11) is 0. The fourth-order valence-electron chi connectivity index (χ4n) is 4.48. The molecule has 4 heterocycles. The molecule has 0 amide bonds. The first kappa shape index (κ1) is 25.8. The number of nitrogens with zero attached hydrogens (tertiary/aromatic N) is 10. The number of rotatable bonds is 8. The summed E-state index contributed by atoms with van der Waals surface area (Å²) in [5, 5.41) is 35.2. The van der Waals surface area contributed by atoms with Crippen LogP contribution < -0.4 is 4.73 Å². The summed E-state index contributed by atoms with van der Waals surface area (Å²) in [6.07, 6.45) is 5.58. The van der Waals surface area contributed by atoms with Gasteiger partial charge in [-0.25, -0.2) is 13.2 Å². The van der Waals surface area contributed by atoms with Crippen molar-refractivity contribution in [3.05, 3.63) is 77.1 Å². The van der Waals surface area contributed by atoms with Gasteiger partial charge >= 0.3 is 6.55 Å². The monoisotopic (exact) mass is 578 g/mol. The molecule has 0 spiro atoms. The van der Waals surface area contributed by atoms with Gasteiger partial charge < -0.3 is 5.21 Å². The van der Waals surface area contributed by atoms with Crippen LogP contribution in [-0.4, -0.2) is 50.9 Å². The first-order chi connectivity index (χ1) is 19.1. The van der Waals surface area contributed by atoms with E-state index in [0.717, 1.165) is 12.4 Å². The molecule has 0 saturated heterocycles. The van der Waals surface area contributed by atoms with E-state index in [9.17, 15) is 22.8 Å².